The van der Waals surface area contributed by atoms with Crippen molar-refractivity contribution in [1.82, 2.24) is 0 Å². The molecule has 0 aromatic rings. The van der Waals surface area contributed by atoms with E-state index >= 15 is 0 Å². The molecule has 65 heavy (non-hydrogen) atoms. The van der Waals surface area contributed by atoms with Gasteiger partial charge in [-0.25, -0.2) is 0 Å². The molecule has 1 heterocycles. The smallest absolute Gasteiger partial charge is 0.306 e. The van der Waals surface area contributed by atoms with Crippen LogP contribution in [-0.4, -0.2) is 89.6 Å². The van der Waals surface area contributed by atoms with E-state index < -0.39 is 43.4 Å². The lowest BCUT2D eigenvalue weighted by Crippen LogP contribution is -2.59. The zero-order chi connectivity index (χ0) is 47.1. The quantitative estimate of drug-likeness (QED) is 0.0267. The summed E-state index contributed by atoms with van der Waals surface area (Å²) in [6.45, 7) is 4.43. The van der Waals surface area contributed by atoms with Gasteiger partial charge in [-0.3, -0.25) is 4.79 Å². The first-order valence-corrected chi connectivity index (χ1v) is 26.9. The Morgan fingerprint density at radius 2 is 0.938 bits per heavy atom. The van der Waals surface area contributed by atoms with Crippen molar-refractivity contribution in [3.8, 4) is 0 Å². The lowest BCUT2D eigenvalue weighted by atomic mass is 9.99. The first kappa shape index (κ1) is 60.9. The molecule has 1 aliphatic heterocycles. The van der Waals surface area contributed by atoms with Gasteiger partial charge in [-0.2, -0.15) is 0 Å². The molecule has 6 unspecified atom stereocenters. The summed E-state index contributed by atoms with van der Waals surface area (Å²) >= 11 is 0. The summed E-state index contributed by atoms with van der Waals surface area (Å²) < 4.78 is 22.9. The van der Waals surface area contributed by atoms with Crippen molar-refractivity contribution < 1.29 is 44.2 Å². The Kier molecular flexibility index (Phi) is 44.0. The fourth-order valence-corrected chi connectivity index (χ4v) is 8.05. The Labute approximate surface area is 398 Å². The van der Waals surface area contributed by atoms with Crippen LogP contribution < -0.4 is 0 Å². The molecule has 4 N–H and O–H groups in total. The lowest BCUT2D eigenvalue weighted by molar-refractivity contribution is -0.305. The second kappa shape index (κ2) is 47.0. The van der Waals surface area contributed by atoms with Crippen LogP contribution in [0.2, 0.25) is 0 Å². The fourth-order valence-electron chi connectivity index (χ4n) is 8.05. The molecule has 1 saturated heterocycles. The third-order valence-electron chi connectivity index (χ3n) is 12.2. The molecule has 9 nitrogen and oxygen atoms in total. The predicted octanol–water partition coefficient (Wildman–Crippen LogP) is 13.4. The summed E-state index contributed by atoms with van der Waals surface area (Å²) in [6.07, 6.45) is 54.1. The lowest BCUT2D eigenvalue weighted by Gasteiger charge is -2.39. The predicted molar refractivity (Wildman–Crippen MR) is 270 cm³/mol. The standard InChI is InChI=1S/C56H100O9/c1-3-5-7-9-11-13-15-17-19-21-23-24-25-26-28-30-32-34-36-38-40-42-44-46-62-48-50(49-63-56-55(61)54(60)53(59)51(47-57)65-56)64-52(58)45-43-41-39-37-35-33-31-29-27-22-20-18-16-14-12-10-8-6-4-2/h6,8,12,14,18,20,27,29,33,35,50-51,53-57,59-61H,3-5,7,9-11,13,15-17,19,21-26,28,30-32,34,36-49H2,1-2H3/b8-6-,14-12-,20-18-,29-27-,35-33-. The summed E-state index contributed by atoms with van der Waals surface area (Å²) in [5.41, 5.74) is 0. The van der Waals surface area contributed by atoms with Crippen molar-refractivity contribution in [1.29, 1.82) is 0 Å². The molecule has 1 rings (SSSR count). The number of esters is 1. The number of hydrogen-bond donors (Lipinski definition) is 4. The molecule has 0 bridgehead atoms. The van der Waals surface area contributed by atoms with Gasteiger partial charge in [0.05, 0.1) is 19.8 Å². The molecule has 0 aromatic carbocycles. The normalized spacial score (nSPS) is 19.9. The van der Waals surface area contributed by atoms with Crippen LogP contribution in [0.4, 0.5) is 0 Å². The molecule has 0 aliphatic carbocycles. The highest BCUT2D eigenvalue weighted by atomic mass is 16.7. The van der Waals surface area contributed by atoms with Gasteiger partial charge in [-0.15, -0.1) is 0 Å². The monoisotopic (exact) mass is 917 g/mol. The van der Waals surface area contributed by atoms with Crippen LogP contribution in [0.1, 0.15) is 226 Å². The molecule has 9 heteroatoms. The van der Waals surface area contributed by atoms with Crippen molar-refractivity contribution in [2.24, 2.45) is 0 Å². The van der Waals surface area contributed by atoms with Crippen LogP contribution in [0.3, 0.4) is 0 Å². The van der Waals surface area contributed by atoms with Crippen LogP contribution >= 0.6 is 0 Å². The van der Waals surface area contributed by atoms with Gasteiger partial charge < -0.3 is 39.4 Å². The number of carbonyl (C=O) groups excluding carboxylic acids is 1. The highest BCUT2D eigenvalue weighted by molar-refractivity contribution is 5.69. The van der Waals surface area contributed by atoms with E-state index in [9.17, 15) is 25.2 Å². The van der Waals surface area contributed by atoms with Crippen LogP contribution in [0.5, 0.6) is 0 Å². The van der Waals surface area contributed by atoms with E-state index in [0.29, 0.717) is 13.0 Å². The minimum absolute atomic E-state index is 0.127. The van der Waals surface area contributed by atoms with Gasteiger partial charge in [0.25, 0.3) is 0 Å². The number of carbonyl (C=O) groups is 1. The molecular formula is C56H100O9. The average Bonchev–Trinajstić information content (AvgIpc) is 3.31. The van der Waals surface area contributed by atoms with Gasteiger partial charge in [-0.1, -0.05) is 222 Å². The summed E-state index contributed by atoms with van der Waals surface area (Å²) in [4.78, 5) is 12.8. The number of hydrogen-bond acceptors (Lipinski definition) is 9. The van der Waals surface area contributed by atoms with E-state index in [4.69, 9.17) is 18.9 Å². The second-order valence-electron chi connectivity index (χ2n) is 18.3. The number of allylic oxidation sites excluding steroid dienone is 10. The Morgan fingerprint density at radius 1 is 0.508 bits per heavy atom. The van der Waals surface area contributed by atoms with Gasteiger partial charge in [0.2, 0.25) is 0 Å². The van der Waals surface area contributed by atoms with Gasteiger partial charge in [-0.05, 0) is 57.8 Å². The van der Waals surface area contributed by atoms with Crippen molar-refractivity contribution in [2.45, 2.75) is 263 Å². The fraction of sp³-hybridized carbons (Fsp3) is 0.804. The van der Waals surface area contributed by atoms with E-state index in [1.165, 1.54) is 135 Å². The summed E-state index contributed by atoms with van der Waals surface area (Å²) in [5.74, 6) is -0.342. The summed E-state index contributed by atoms with van der Waals surface area (Å²) in [5, 5.41) is 40.3. The van der Waals surface area contributed by atoms with E-state index in [1.54, 1.807) is 0 Å². The molecular weight excluding hydrogens is 817 g/mol. The number of aliphatic hydroxyl groups is 4. The third kappa shape index (κ3) is 37.5. The van der Waals surface area contributed by atoms with E-state index in [0.717, 1.165) is 64.2 Å². The maximum Gasteiger partial charge on any atom is 0.306 e. The molecule has 1 fully saturated rings. The number of aliphatic hydroxyl groups excluding tert-OH is 4. The number of unbranched alkanes of at least 4 members (excludes halogenated alkanes) is 25. The van der Waals surface area contributed by atoms with E-state index in [2.05, 4.69) is 74.6 Å². The molecule has 6 atom stereocenters. The maximum atomic E-state index is 12.8. The highest BCUT2D eigenvalue weighted by Crippen LogP contribution is 2.23. The van der Waals surface area contributed by atoms with Crippen LogP contribution in [0, 0.1) is 0 Å². The van der Waals surface area contributed by atoms with Gasteiger partial charge in [0, 0.05) is 13.0 Å². The Morgan fingerprint density at radius 3 is 1.40 bits per heavy atom. The molecule has 1 aliphatic rings. The molecule has 0 radical (unpaired) electrons. The highest BCUT2D eigenvalue weighted by Gasteiger charge is 2.44. The molecule has 0 saturated carbocycles. The molecule has 0 aromatic heterocycles. The zero-order valence-corrected chi connectivity index (χ0v) is 41.7. The summed E-state index contributed by atoms with van der Waals surface area (Å²) in [6, 6.07) is 0. The minimum atomic E-state index is -1.54. The van der Waals surface area contributed by atoms with Crippen molar-refractivity contribution in [3.63, 3.8) is 0 Å². The zero-order valence-electron chi connectivity index (χ0n) is 41.7. The maximum absolute atomic E-state index is 12.8. The first-order chi connectivity index (χ1) is 31.9. The largest absolute Gasteiger partial charge is 0.457 e. The van der Waals surface area contributed by atoms with Crippen molar-refractivity contribution in [3.05, 3.63) is 60.8 Å². The molecule has 0 amide bonds. The Hall–Kier alpha value is -2.11. The number of ether oxygens (including phenoxy) is 4. The molecule has 0 spiro atoms. The van der Waals surface area contributed by atoms with Crippen LogP contribution in [0.25, 0.3) is 0 Å². The second-order valence-corrected chi connectivity index (χ2v) is 18.3. The van der Waals surface area contributed by atoms with E-state index in [-0.39, 0.29) is 25.6 Å². The van der Waals surface area contributed by atoms with Gasteiger partial charge in [0.1, 0.15) is 30.5 Å². The van der Waals surface area contributed by atoms with E-state index in [1.807, 2.05) is 0 Å². The van der Waals surface area contributed by atoms with Gasteiger partial charge in [0.15, 0.2) is 6.29 Å². The van der Waals surface area contributed by atoms with Crippen LogP contribution in [-0.2, 0) is 23.7 Å². The van der Waals surface area contributed by atoms with Gasteiger partial charge >= 0.3 is 5.97 Å². The Bertz CT molecular complexity index is 1180. The first-order valence-electron chi connectivity index (χ1n) is 26.9. The van der Waals surface area contributed by atoms with Crippen molar-refractivity contribution in [2.75, 3.05) is 26.4 Å². The Balaban J connectivity index is 2.20. The topological polar surface area (TPSA) is 135 Å². The third-order valence-corrected chi connectivity index (χ3v) is 12.2. The summed E-state index contributed by atoms with van der Waals surface area (Å²) in [7, 11) is 0. The van der Waals surface area contributed by atoms with Crippen molar-refractivity contribution >= 4 is 5.97 Å². The van der Waals surface area contributed by atoms with Crippen LogP contribution in [0.15, 0.2) is 60.8 Å². The number of rotatable bonds is 46. The molecule has 378 valence electrons. The SMILES string of the molecule is CC/C=C\C/C=C\C/C=C\C/C=C\C/C=C\CCCCCC(=O)OC(COCCCCCCCCCCCCCCCCCCCCCCCCC)COC1OC(CO)C(O)C(O)C1O. The minimum Gasteiger partial charge on any atom is -0.457 e. The average molecular weight is 917 g/mol.